The summed E-state index contributed by atoms with van der Waals surface area (Å²) >= 11 is 0. The zero-order valence-corrected chi connectivity index (χ0v) is 73.4. The maximum absolute atomic E-state index is 4.52. The molecule has 568 valence electrons. The molecule has 10 heteroatoms. The predicted molar refractivity (Wildman–Crippen MR) is 449 cm³/mol. The smallest absolute Gasteiger partial charge is 0.0190 e. The quantitative estimate of drug-likeness (QED) is 0.0952. The fourth-order valence-corrected chi connectivity index (χ4v) is 11.9. The number of rotatable bonds is 15. The van der Waals surface area contributed by atoms with Gasteiger partial charge < -0.3 is 29.9 Å². The Balaban J connectivity index is 0.000000188. The number of benzene rings is 10. The van der Waals surface area contributed by atoms with Crippen LogP contribution in [0.25, 0.3) is 112 Å². The summed E-state index contributed by atoms with van der Waals surface area (Å²) in [6.45, 7) is 15.4. The van der Waals surface area contributed by atoms with Crippen LogP contribution in [0.3, 0.4) is 0 Å². The molecule has 0 aliphatic carbocycles. The fourth-order valence-electron chi connectivity index (χ4n) is 11.9. The molecule has 0 fully saturated rings. The number of aryl methyl sites for hydroxylation is 1. The summed E-state index contributed by atoms with van der Waals surface area (Å²) in [5, 5.41) is 0. The maximum atomic E-state index is 4.52. The molecule has 0 N–H and O–H groups in total. The number of pyridine rings is 6. The molecule has 0 saturated heterocycles. The second kappa shape index (κ2) is 47.8. The van der Waals surface area contributed by atoms with E-state index in [1.165, 1.54) is 66.8 Å². The molecule has 0 unspecified atom stereocenters. The first-order valence-corrected chi connectivity index (χ1v) is 36.8. The minimum atomic E-state index is 0. The van der Waals surface area contributed by atoms with Crippen molar-refractivity contribution >= 4 is 0 Å². The van der Waals surface area contributed by atoms with Gasteiger partial charge in [-0.05, 0) is 130 Å². The van der Waals surface area contributed by atoms with Crippen LogP contribution in [0.5, 0.6) is 0 Å². The third-order valence-electron chi connectivity index (χ3n) is 17.3. The number of nitrogens with zero attached hydrogens (tertiary/aromatic N) is 6. The summed E-state index contributed by atoms with van der Waals surface area (Å²) in [6.07, 6.45) is 13.3. The monoisotopic (exact) mass is 2170 g/mol. The zero-order valence-electron chi connectivity index (χ0n) is 63.8. The molecule has 0 spiro atoms. The topological polar surface area (TPSA) is 77.3 Å². The molecular weight excluding hydrogens is 2080 g/mol. The van der Waals surface area contributed by atoms with Crippen molar-refractivity contribution < 1.29 is 80.4 Å². The van der Waals surface area contributed by atoms with E-state index in [0.717, 1.165) is 80.4 Å². The third kappa shape index (κ3) is 28.2. The van der Waals surface area contributed by atoms with Crippen LogP contribution in [0.15, 0.2) is 365 Å². The van der Waals surface area contributed by atoms with Gasteiger partial charge in [0.05, 0.1) is 0 Å². The summed E-state index contributed by atoms with van der Waals surface area (Å²) in [7, 11) is 0. The van der Waals surface area contributed by atoms with Crippen molar-refractivity contribution in [1.29, 1.82) is 0 Å². The first-order valence-electron chi connectivity index (χ1n) is 36.8. The Morgan fingerprint density at radius 3 is 0.866 bits per heavy atom. The zero-order chi connectivity index (χ0) is 74.9. The van der Waals surface area contributed by atoms with Crippen molar-refractivity contribution in [3.8, 4) is 112 Å². The van der Waals surface area contributed by atoms with E-state index < -0.39 is 0 Å². The maximum Gasteiger partial charge on any atom is 0.0190 e. The van der Waals surface area contributed by atoms with E-state index in [-0.39, 0.29) is 80.4 Å². The van der Waals surface area contributed by atoms with Crippen LogP contribution >= 0.6 is 0 Å². The molecular formula is C102H88Ir4N6-6. The molecule has 0 saturated carbocycles. The van der Waals surface area contributed by atoms with Crippen LogP contribution in [0.1, 0.15) is 69.7 Å². The SMILES string of the molecule is CC(C)Cc1ccnc(-c2[c-]ccc(-c3ccccc3)c2)c1.CC(C)Cc1ccnc(-c2[c-]ccc(-c3ccccc3)c2)c1.CC(C)c1ccnc(-c2[c-]ccc(-c3ccccc3)c2)c1.Cc1ccc(-c2[c-]ccc(-c3ccccc3)c2)nc1.[Ir].[Ir].[Ir].[Ir].[c-]1ccccc1-c1ccccn1.[c-]1ccccc1-c1ccccn1. The van der Waals surface area contributed by atoms with Crippen molar-refractivity contribution in [3.05, 3.63) is 423 Å². The van der Waals surface area contributed by atoms with E-state index in [2.05, 4.69) is 296 Å². The molecule has 6 aromatic heterocycles. The molecule has 6 nitrogen and oxygen atoms in total. The van der Waals surface area contributed by atoms with E-state index in [1.54, 1.807) is 12.4 Å². The predicted octanol–water partition coefficient (Wildman–Crippen LogP) is 25.8. The minimum Gasteiger partial charge on any atom is -0.305 e. The summed E-state index contributed by atoms with van der Waals surface area (Å²) < 4.78 is 0. The Labute approximate surface area is 718 Å². The van der Waals surface area contributed by atoms with Crippen molar-refractivity contribution in [3.63, 3.8) is 0 Å². The van der Waals surface area contributed by atoms with Crippen molar-refractivity contribution in [2.45, 2.75) is 67.2 Å². The van der Waals surface area contributed by atoms with Gasteiger partial charge in [0, 0.05) is 118 Å². The van der Waals surface area contributed by atoms with Crippen LogP contribution < -0.4 is 0 Å². The van der Waals surface area contributed by atoms with Gasteiger partial charge in [0.15, 0.2) is 0 Å². The van der Waals surface area contributed by atoms with Crippen LogP contribution in [0, 0.1) is 55.2 Å². The Kier molecular flexibility index (Phi) is 37.9. The van der Waals surface area contributed by atoms with Crippen LogP contribution in [0.4, 0.5) is 0 Å². The molecule has 16 aromatic rings. The molecule has 4 radical (unpaired) electrons. The number of hydrogen-bond acceptors (Lipinski definition) is 6. The summed E-state index contributed by atoms with van der Waals surface area (Å²) in [6, 6.07) is 130. The van der Waals surface area contributed by atoms with E-state index >= 15 is 0 Å². The van der Waals surface area contributed by atoms with Gasteiger partial charge in [-0.3, -0.25) is 0 Å². The number of aromatic nitrogens is 6. The minimum absolute atomic E-state index is 0. The second-order valence-electron chi connectivity index (χ2n) is 27.1. The Hall–Kier alpha value is -10.3. The van der Waals surface area contributed by atoms with Crippen molar-refractivity contribution in [1.82, 2.24) is 29.9 Å². The molecule has 0 aliphatic rings. The normalized spacial score (nSPS) is 10.1. The molecule has 112 heavy (non-hydrogen) atoms. The van der Waals surface area contributed by atoms with E-state index in [9.17, 15) is 0 Å². The molecule has 10 aromatic carbocycles. The average Bonchev–Trinajstić information content (AvgIpc) is 0.839. The van der Waals surface area contributed by atoms with Gasteiger partial charge in [-0.25, -0.2) is 0 Å². The van der Waals surface area contributed by atoms with E-state index in [0.29, 0.717) is 17.8 Å². The van der Waals surface area contributed by atoms with Gasteiger partial charge in [0.2, 0.25) is 0 Å². The Bertz CT molecular complexity index is 5010. The summed E-state index contributed by atoms with van der Waals surface area (Å²) in [5.74, 6) is 1.80. The third-order valence-corrected chi connectivity index (χ3v) is 17.3. The van der Waals surface area contributed by atoms with Gasteiger partial charge in [0.25, 0.3) is 0 Å². The molecule has 0 aliphatic heterocycles. The molecule has 6 heterocycles. The van der Waals surface area contributed by atoms with Crippen LogP contribution in [0.2, 0.25) is 0 Å². The number of hydrogen-bond donors (Lipinski definition) is 0. The van der Waals surface area contributed by atoms with Gasteiger partial charge in [-0.2, -0.15) is 0 Å². The van der Waals surface area contributed by atoms with Gasteiger partial charge in [-0.1, -0.05) is 234 Å². The van der Waals surface area contributed by atoms with Crippen LogP contribution in [-0.4, -0.2) is 29.9 Å². The van der Waals surface area contributed by atoms with Crippen molar-refractivity contribution in [2.75, 3.05) is 0 Å². The molecule has 0 amide bonds. The molecule has 0 atom stereocenters. The Morgan fingerprint density at radius 2 is 0.554 bits per heavy atom. The van der Waals surface area contributed by atoms with E-state index in [4.69, 9.17) is 0 Å². The molecule has 16 rings (SSSR count). The van der Waals surface area contributed by atoms with Crippen LogP contribution in [-0.2, 0) is 93.3 Å². The van der Waals surface area contributed by atoms with Gasteiger partial charge in [0.1, 0.15) is 0 Å². The van der Waals surface area contributed by atoms with E-state index in [1.807, 2.05) is 171 Å². The fraction of sp³-hybridized carbons (Fsp3) is 0.118. The summed E-state index contributed by atoms with van der Waals surface area (Å²) in [5.41, 5.74) is 26.9. The molecule has 0 bridgehead atoms. The Morgan fingerprint density at radius 1 is 0.241 bits per heavy atom. The standard InChI is InChI=1S/2C21H20N.C20H18N.C18H14N.2C11H8N.4Ir/c2*1-16(2)13-17-11-12-22-21(14-17)20-10-6-9-19(15-20)18-7-4-3-5-8-18;1-15(2)17-11-12-21-20(14-17)19-10-6-9-18(13-19)16-7-4-3-5-8-16;1-14-10-11-18(19-13-14)17-9-5-8-16(12-17)15-6-3-2-4-7-15;2*1-2-6-10(7-3-1)11-8-4-5-9-12-11;;;;/h2*3-9,11-12,14-16H,13H2,1-2H3;3-9,11-15H,1-2H3;2-8,10-13H,1H3;2*1-6,8-9H;;;;/q6*-1;;;;. The van der Waals surface area contributed by atoms with Crippen molar-refractivity contribution in [2.24, 2.45) is 11.8 Å². The largest absolute Gasteiger partial charge is 0.305 e. The first-order chi connectivity index (χ1) is 52.9. The second-order valence-corrected chi connectivity index (χ2v) is 27.1. The van der Waals surface area contributed by atoms with Gasteiger partial charge in [-0.15, -0.1) is 213 Å². The first kappa shape index (κ1) is 88.9. The average molecular weight is 2170 g/mol. The summed E-state index contributed by atoms with van der Waals surface area (Å²) in [4.78, 5) is 26.4. The van der Waals surface area contributed by atoms with Gasteiger partial charge >= 0.3 is 0 Å².